The third kappa shape index (κ3) is 2.75. The predicted molar refractivity (Wildman–Crippen MR) is 83.5 cm³/mol. The molecule has 0 aliphatic carbocycles. The van der Waals surface area contributed by atoms with Gasteiger partial charge in [0.25, 0.3) is 0 Å². The second-order valence-electron chi connectivity index (χ2n) is 6.39. The molecular weight excluding hydrogens is 292 g/mol. The summed E-state index contributed by atoms with van der Waals surface area (Å²) in [5, 5.41) is 13.0. The van der Waals surface area contributed by atoms with E-state index >= 15 is 0 Å². The van der Waals surface area contributed by atoms with Crippen LogP contribution in [0.5, 0.6) is 0 Å². The predicted octanol–water partition coefficient (Wildman–Crippen LogP) is 1.56. The van der Waals surface area contributed by atoms with Crippen LogP contribution >= 0.6 is 0 Å². The Morgan fingerprint density at radius 1 is 1.17 bits per heavy atom. The molecule has 122 valence electrons. The van der Waals surface area contributed by atoms with Crippen LogP contribution in [0.2, 0.25) is 0 Å². The van der Waals surface area contributed by atoms with Gasteiger partial charge in [-0.05, 0) is 31.7 Å². The zero-order valence-electron chi connectivity index (χ0n) is 13.3. The Kier molecular flexibility index (Phi) is 3.85. The third-order valence-corrected chi connectivity index (χ3v) is 4.87. The maximum atomic E-state index is 12.7. The first-order valence-corrected chi connectivity index (χ1v) is 8.52. The van der Waals surface area contributed by atoms with Gasteiger partial charge in [0.1, 0.15) is 12.4 Å². The fourth-order valence-corrected chi connectivity index (χ4v) is 3.71. The molecule has 2 aromatic rings. The monoisotopic (exact) mass is 314 g/mol. The van der Waals surface area contributed by atoms with Gasteiger partial charge in [-0.2, -0.15) is 5.10 Å². The molecule has 0 aromatic carbocycles. The Balaban J connectivity index is 1.56. The molecule has 1 atom stereocenters. The summed E-state index contributed by atoms with van der Waals surface area (Å²) in [4.78, 5) is 14.6. The van der Waals surface area contributed by atoms with Gasteiger partial charge in [-0.3, -0.25) is 9.48 Å². The number of likely N-dealkylation sites (tertiary alicyclic amines) is 1. The molecule has 4 rings (SSSR count). The van der Waals surface area contributed by atoms with Crippen molar-refractivity contribution in [1.29, 1.82) is 0 Å². The van der Waals surface area contributed by atoms with E-state index in [4.69, 9.17) is 0 Å². The summed E-state index contributed by atoms with van der Waals surface area (Å²) in [5.41, 5.74) is 0. The number of hydrogen-bond acceptors (Lipinski definition) is 4. The number of rotatable bonds is 3. The second kappa shape index (κ2) is 6.14. The molecule has 23 heavy (non-hydrogen) atoms. The number of aromatic nitrogens is 5. The van der Waals surface area contributed by atoms with Crippen LogP contribution in [0.15, 0.2) is 18.5 Å². The number of carbonyl (C=O) groups is 1. The summed E-state index contributed by atoms with van der Waals surface area (Å²) in [6, 6.07) is 1.91. The fraction of sp³-hybridized carbons (Fsp3) is 0.625. The second-order valence-corrected chi connectivity index (χ2v) is 6.39. The van der Waals surface area contributed by atoms with E-state index < -0.39 is 0 Å². The number of amides is 1. The van der Waals surface area contributed by atoms with E-state index in [0.29, 0.717) is 6.54 Å². The zero-order chi connectivity index (χ0) is 15.6. The first-order chi connectivity index (χ1) is 11.3. The van der Waals surface area contributed by atoms with Gasteiger partial charge in [0.15, 0.2) is 5.82 Å². The Morgan fingerprint density at radius 3 is 3.00 bits per heavy atom. The van der Waals surface area contributed by atoms with Crippen LogP contribution in [0.3, 0.4) is 0 Å². The molecule has 2 aliphatic rings. The summed E-state index contributed by atoms with van der Waals surface area (Å²) in [6.07, 6.45) is 10.1. The van der Waals surface area contributed by atoms with E-state index in [1.54, 1.807) is 10.9 Å². The standard InChI is InChI=1S/C16H22N6O/c23-15(12-20-9-5-8-17-20)21-11-4-6-13(21)16-19-18-14-7-2-1-3-10-22(14)16/h5,8-9,13H,1-4,6-7,10-12H2/t13-/m1/s1. The first kappa shape index (κ1) is 14.4. The van der Waals surface area contributed by atoms with Crippen LogP contribution in [-0.4, -0.2) is 41.9 Å². The van der Waals surface area contributed by atoms with E-state index in [1.807, 2.05) is 17.2 Å². The van der Waals surface area contributed by atoms with Crippen LogP contribution in [0.25, 0.3) is 0 Å². The van der Waals surface area contributed by atoms with Crippen LogP contribution in [-0.2, 0) is 24.3 Å². The number of nitrogens with zero attached hydrogens (tertiary/aromatic N) is 6. The normalized spacial score (nSPS) is 21.2. The first-order valence-electron chi connectivity index (χ1n) is 8.52. The summed E-state index contributed by atoms with van der Waals surface area (Å²) >= 11 is 0. The van der Waals surface area contributed by atoms with Crippen LogP contribution in [0.4, 0.5) is 0 Å². The van der Waals surface area contributed by atoms with Crippen molar-refractivity contribution in [2.75, 3.05) is 6.54 Å². The molecule has 2 aliphatic heterocycles. The average molecular weight is 314 g/mol. The largest absolute Gasteiger partial charge is 0.331 e. The van der Waals surface area contributed by atoms with Gasteiger partial charge in [-0.1, -0.05) is 6.42 Å². The van der Waals surface area contributed by atoms with Crippen molar-refractivity contribution in [3.8, 4) is 0 Å². The van der Waals surface area contributed by atoms with Gasteiger partial charge in [-0.25, -0.2) is 0 Å². The van der Waals surface area contributed by atoms with Gasteiger partial charge in [0, 0.05) is 31.9 Å². The SMILES string of the molecule is O=C(Cn1cccn1)N1CCC[C@@H]1c1nnc2n1CCCCC2. The smallest absolute Gasteiger partial charge is 0.244 e. The number of aryl methyl sites for hydroxylation is 1. The Hall–Kier alpha value is -2.18. The highest BCUT2D eigenvalue weighted by atomic mass is 16.2. The van der Waals surface area contributed by atoms with Crippen molar-refractivity contribution < 1.29 is 4.79 Å². The summed E-state index contributed by atoms with van der Waals surface area (Å²) in [6.45, 7) is 2.08. The highest BCUT2D eigenvalue weighted by molar-refractivity contribution is 5.76. The topological polar surface area (TPSA) is 68.8 Å². The van der Waals surface area contributed by atoms with Gasteiger partial charge in [-0.15, -0.1) is 10.2 Å². The van der Waals surface area contributed by atoms with E-state index in [2.05, 4.69) is 19.9 Å². The van der Waals surface area contributed by atoms with Crippen molar-refractivity contribution in [3.05, 3.63) is 30.1 Å². The number of hydrogen-bond donors (Lipinski definition) is 0. The Labute approximate surface area is 135 Å². The van der Waals surface area contributed by atoms with Crippen molar-refractivity contribution >= 4 is 5.91 Å². The van der Waals surface area contributed by atoms with E-state index in [9.17, 15) is 4.79 Å². The Bertz CT molecular complexity index is 677. The van der Waals surface area contributed by atoms with E-state index in [-0.39, 0.29) is 11.9 Å². The highest BCUT2D eigenvalue weighted by Crippen LogP contribution is 2.32. The van der Waals surface area contributed by atoms with Crippen molar-refractivity contribution in [3.63, 3.8) is 0 Å². The maximum absolute atomic E-state index is 12.7. The molecule has 7 nitrogen and oxygen atoms in total. The molecule has 4 heterocycles. The molecule has 0 bridgehead atoms. The van der Waals surface area contributed by atoms with Crippen molar-refractivity contribution in [1.82, 2.24) is 29.4 Å². The minimum Gasteiger partial charge on any atom is -0.331 e. The molecule has 0 spiro atoms. The minimum absolute atomic E-state index is 0.0670. The highest BCUT2D eigenvalue weighted by Gasteiger charge is 2.34. The zero-order valence-corrected chi connectivity index (χ0v) is 13.3. The fourth-order valence-electron chi connectivity index (χ4n) is 3.71. The maximum Gasteiger partial charge on any atom is 0.244 e. The lowest BCUT2D eigenvalue weighted by atomic mass is 10.2. The molecular formula is C16H22N6O. The summed E-state index contributed by atoms with van der Waals surface area (Å²) in [7, 11) is 0. The average Bonchev–Trinajstić information content (AvgIpc) is 3.26. The van der Waals surface area contributed by atoms with Crippen LogP contribution in [0.1, 0.15) is 49.8 Å². The lowest BCUT2D eigenvalue weighted by molar-refractivity contribution is -0.133. The van der Waals surface area contributed by atoms with Crippen molar-refractivity contribution in [2.24, 2.45) is 0 Å². The van der Waals surface area contributed by atoms with Crippen LogP contribution < -0.4 is 0 Å². The summed E-state index contributed by atoms with van der Waals surface area (Å²) < 4.78 is 3.94. The molecule has 0 unspecified atom stereocenters. The minimum atomic E-state index is 0.0670. The van der Waals surface area contributed by atoms with Crippen LogP contribution in [0, 0.1) is 0 Å². The summed E-state index contributed by atoms with van der Waals surface area (Å²) in [5.74, 6) is 2.18. The molecule has 7 heteroatoms. The van der Waals surface area contributed by atoms with E-state index in [1.165, 1.54) is 19.3 Å². The van der Waals surface area contributed by atoms with Gasteiger partial charge in [0.2, 0.25) is 5.91 Å². The molecule has 1 amide bonds. The quantitative estimate of drug-likeness (QED) is 0.862. The lowest BCUT2D eigenvalue weighted by Crippen LogP contribution is -2.34. The number of carbonyl (C=O) groups excluding carboxylic acids is 1. The Morgan fingerprint density at radius 2 is 2.13 bits per heavy atom. The molecule has 2 aromatic heterocycles. The molecule has 0 saturated carbocycles. The third-order valence-electron chi connectivity index (χ3n) is 4.87. The molecule has 0 N–H and O–H groups in total. The number of fused-ring (bicyclic) bond motifs is 1. The van der Waals surface area contributed by atoms with Gasteiger partial charge in [0.05, 0.1) is 6.04 Å². The van der Waals surface area contributed by atoms with Gasteiger partial charge >= 0.3 is 0 Å². The van der Waals surface area contributed by atoms with Crippen molar-refractivity contribution in [2.45, 2.75) is 57.7 Å². The van der Waals surface area contributed by atoms with Gasteiger partial charge < -0.3 is 9.47 Å². The molecule has 1 fully saturated rings. The van der Waals surface area contributed by atoms with E-state index in [0.717, 1.165) is 44.0 Å². The molecule has 0 radical (unpaired) electrons. The molecule has 1 saturated heterocycles. The lowest BCUT2D eigenvalue weighted by Gasteiger charge is -2.24.